The van der Waals surface area contributed by atoms with Crippen molar-refractivity contribution in [3.8, 4) is 0 Å². The predicted molar refractivity (Wildman–Crippen MR) is 43.2 cm³/mol. The van der Waals surface area contributed by atoms with Gasteiger partial charge < -0.3 is 19.5 Å². The van der Waals surface area contributed by atoms with Crippen LogP contribution in [0.25, 0.3) is 0 Å². The molecule has 1 heterocycles. The largest absolute Gasteiger partial charge is 0.546 e. The van der Waals surface area contributed by atoms with Gasteiger partial charge in [-0.05, 0) is 13.8 Å². The summed E-state index contributed by atoms with van der Waals surface area (Å²) in [4.78, 5) is 26.3. The second kappa shape index (κ2) is 3.65. The Bertz CT molecular complexity index is 298. The van der Waals surface area contributed by atoms with Crippen molar-refractivity contribution in [1.29, 1.82) is 0 Å². The molecule has 1 aliphatic rings. The molecule has 78 valence electrons. The fraction of sp³-hybridized carbons (Fsp3) is 0.625. The van der Waals surface area contributed by atoms with E-state index in [1.54, 1.807) is 6.92 Å². The molecule has 0 spiro atoms. The van der Waals surface area contributed by atoms with Crippen LogP contribution in [0.3, 0.4) is 0 Å². The third-order valence-electron chi connectivity index (χ3n) is 1.80. The van der Waals surface area contributed by atoms with Crippen LogP contribution in [0.15, 0.2) is 5.16 Å². The Kier molecular flexibility index (Phi) is 2.73. The molecule has 0 aliphatic carbocycles. The molecule has 0 aromatic rings. The number of oxime groups is 1. The van der Waals surface area contributed by atoms with Crippen LogP contribution >= 0.6 is 0 Å². The van der Waals surface area contributed by atoms with Gasteiger partial charge in [0.15, 0.2) is 11.3 Å². The lowest BCUT2D eigenvalue weighted by Gasteiger charge is -2.21. The zero-order valence-corrected chi connectivity index (χ0v) is 7.90. The summed E-state index contributed by atoms with van der Waals surface area (Å²) in [6, 6.07) is 0. The summed E-state index contributed by atoms with van der Waals surface area (Å²) in [6.45, 7) is 3.14. The maximum Gasteiger partial charge on any atom is 0.356 e. The van der Waals surface area contributed by atoms with E-state index >= 15 is 0 Å². The highest BCUT2D eigenvalue weighted by molar-refractivity contribution is 6.37. The second-order valence-corrected chi connectivity index (χ2v) is 3.04. The predicted octanol–water partition coefficient (Wildman–Crippen LogP) is -1.17. The van der Waals surface area contributed by atoms with Gasteiger partial charge in [-0.2, -0.15) is 0 Å². The van der Waals surface area contributed by atoms with Crippen molar-refractivity contribution in [3.05, 3.63) is 0 Å². The van der Waals surface area contributed by atoms with Crippen LogP contribution < -0.4 is 5.11 Å². The van der Waals surface area contributed by atoms with E-state index in [1.165, 1.54) is 6.92 Å². The Morgan fingerprint density at radius 1 is 1.71 bits per heavy atom. The molecule has 0 N–H and O–H groups in total. The third kappa shape index (κ3) is 1.84. The minimum Gasteiger partial charge on any atom is -0.546 e. The zero-order valence-electron chi connectivity index (χ0n) is 7.90. The van der Waals surface area contributed by atoms with Crippen LogP contribution in [-0.2, 0) is 19.2 Å². The van der Waals surface area contributed by atoms with Gasteiger partial charge in [0.2, 0.25) is 0 Å². The Labute approximate surface area is 80.5 Å². The number of carbonyl (C=O) groups excluding carboxylic acids is 2. The minimum absolute atomic E-state index is 0.0291. The van der Waals surface area contributed by atoms with Crippen molar-refractivity contribution < 1.29 is 24.3 Å². The smallest absolute Gasteiger partial charge is 0.356 e. The zero-order chi connectivity index (χ0) is 10.8. The molecule has 0 saturated carbocycles. The molecule has 0 saturated heterocycles. The van der Waals surface area contributed by atoms with E-state index in [0.29, 0.717) is 0 Å². The van der Waals surface area contributed by atoms with Gasteiger partial charge in [0.05, 0.1) is 12.6 Å². The van der Waals surface area contributed by atoms with E-state index in [4.69, 9.17) is 0 Å². The molecule has 0 bridgehead atoms. The summed E-state index contributed by atoms with van der Waals surface area (Å²) in [7, 11) is 0. The normalized spacial score (nSPS) is 25.1. The molecule has 0 radical (unpaired) electrons. The molecular formula is C8H10NO5-. The molecule has 1 rings (SSSR count). The fourth-order valence-electron chi connectivity index (χ4n) is 0.973. The highest BCUT2D eigenvalue weighted by atomic mass is 16.7. The number of carboxylic acid groups (broad SMARTS) is 1. The number of nitrogens with zero attached hydrogens (tertiary/aromatic N) is 1. The number of aliphatic carboxylic acids is 1. The summed E-state index contributed by atoms with van der Waals surface area (Å²) in [5, 5.41) is 13.9. The van der Waals surface area contributed by atoms with Crippen LogP contribution in [0.4, 0.5) is 0 Å². The average Bonchev–Trinajstić information content (AvgIpc) is 2.50. The van der Waals surface area contributed by atoms with Gasteiger partial charge in [-0.1, -0.05) is 5.16 Å². The summed E-state index contributed by atoms with van der Waals surface area (Å²) in [5.74, 6) is -2.06. The Morgan fingerprint density at radius 3 is 2.79 bits per heavy atom. The molecule has 14 heavy (non-hydrogen) atoms. The van der Waals surface area contributed by atoms with E-state index in [-0.39, 0.29) is 18.7 Å². The number of carboxylic acids is 1. The Morgan fingerprint density at radius 2 is 2.36 bits per heavy atom. The third-order valence-corrected chi connectivity index (χ3v) is 1.80. The Hall–Kier alpha value is -1.59. The topological polar surface area (TPSA) is 88.0 Å². The van der Waals surface area contributed by atoms with Gasteiger partial charge in [-0.3, -0.25) is 0 Å². The van der Waals surface area contributed by atoms with Crippen LogP contribution in [-0.4, -0.2) is 29.9 Å². The van der Waals surface area contributed by atoms with Gasteiger partial charge in [0, 0.05) is 6.42 Å². The average molecular weight is 200 g/mol. The lowest BCUT2D eigenvalue weighted by Crippen LogP contribution is -2.46. The van der Waals surface area contributed by atoms with Crippen molar-refractivity contribution in [2.24, 2.45) is 5.16 Å². The number of hydrogen-bond acceptors (Lipinski definition) is 6. The van der Waals surface area contributed by atoms with Crippen molar-refractivity contribution in [3.63, 3.8) is 0 Å². The highest BCUT2D eigenvalue weighted by Crippen LogP contribution is 2.23. The number of esters is 1. The first-order valence-corrected chi connectivity index (χ1v) is 4.13. The molecule has 1 aliphatic heterocycles. The maximum absolute atomic E-state index is 11.1. The van der Waals surface area contributed by atoms with E-state index in [0.717, 1.165) is 0 Å². The first kappa shape index (κ1) is 10.5. The van der Waals surface area contributed by atoms with Crippen LogP contribution in [0.1, 0.15) is 20.3 Å². The number of ether oxygens (including phenoxy) is 1. The van der Waals surface area contributed by atoms with Gasteiger partial charge in [0.25, 0.3) is 0 Å². The van der Waals surface area contributed by atoms with E-state index in [1.807, 2.05) is 0 Å². The standard InChI is InChI=1S/C8H11NO5/c1-3-13-6(10)5-4-8(2,7(11)12)14-9-5/h3-4H2,1-2H3,(H,11,12)/p-1/t8-/m0/s1. The molecular weight excluding hydrogens is 190 g/mol. The first-order chi connectivity index (χ1) is 6.49. The van der Waals surface area contributed by atoms with Crippen LogP contribution in [0, 0.1) is 0 Å². The molecule has 0 fully saturated rings. The highest BCUT2D eigenvalue weighted by Gasteiger charge is 2.39. The number of hydrogen-bond donors (Lipinski definition) is 0. The van der Waals surface area contributed by atoms with E-state index < -0.39 is 17.5 Å². The maximum atomic E-state index is 11.1. The molecule has 6 nitrogen and oxygen atoms in total. The lowest BCUT2D eigenvalue weighted by atomic mass is 10.0. The molecule has 6 heteroatoms. The molecule has 0 aromatic carbocycles. The second-order valence-electron chi connectivity index (χ2n) is 3.04. The van der Waals surface area contributed by atoms with Gasteiger partial charge in [0.1, 0.15) is 0 Å². The van der Waals surface area contributed by atoms with Crippen LogP contribution in [0.2, 0.25) is 0 Å². The molecule has 0 aromatic heterocycles. The SMILES string of the molecule is CCOC(=O)C1=NO[C@](C)(C(=O)[O-])C1. The van der Waals surface area contributed by atoms with E-state index in [2.05, 4.69) is 14.7 Å². The summed E-state index contributed by atoms with van der Waals surface area (Å²) >= 11 is 0. The molecule has 0 amide bonds. The van der Waals surface area contributed by atoms with Crippen molar-refractivity contribution in [2.75, 3.05) is 6.61 Å². The van der Waals surface area contributed by atoms with Crippen LogP contribution in [0.5, 0.6) is 0 Å². The molecule has 0 unspecified atom stereocenters. The summed E-state index contributed by atoms with van der Waals surface area (Å²) in [6.07, 6.45) is -0.131. The lowest BCUT2D eigenvalue weighted by molar-refractivity contribution is -0.324. The van der Waals surface area contributed by atoms with Crippen molar-refractivity contribution in [2.45, 2.75) is 25.9 Å². The summed E-state index contributed by atoms with van der Waals surface area (Å²) < 4.78 is 4.64. The molecule has 1 atom stereocenters. The van der Waals surface area contributed by atoms with Gasteiger partial charge in [-0.15, -0.1) is 0 Å². The quantitative estimate of drug-likeness (QED) is 0.536. The number of rotatable bonds is 3. The minimum atomic E-state index is -1.55. The fourth-order valence-corrected chi connectivity index (χ4v) is 0.973. The van der Waals surface area contributed by atoms with Crippen molar-refractivity contribution in [1.82, 2.24) is 0 Å². The number of carbonyl (C=O) groups is 2. The van der Waals surface area contributed by atoms with Gasteiger partial charge >= 0.3 is 5.97 Å². The van der Waals surface area contributed by atoms with E-state index in [9.17, 15) is 14.7 Å². The van der Waals surface area contributed by atoms with Gasteiger partial charge in [-0.25, -0.2) is 4.79 Å². The van der Waals surface area contributed by atoms with Crippen molar-refractivity contribution >= 4 is 17.7 Å². The summed E-state index contributed by atoms with van der Waals surface area (Å²) in [5.41, 5.74) is -1.58. The monoisotopic (exact) mass is 200 g/mol. The first-order valence-electron chi connectivity index (χ1n) is 4.13. The Balaban J connectivity index is 2.64.